The maximum Gasteiger partial charge on any atom is 0.0945 e. The molecule has 1 heterocycles. The highest BCUT2D eigenvalue weighted by Gasteiger charge is 1.91. The molecule has 0 aliphatic carbocycles. The van der Waals surface area contributed by atoms with E-state index in [1.165, 1.54) is 25.7 Å². The molecule has 0 unspecified atom stereocenters. The van der Waals surface area contributed by atoms with Crippen molar-refractivity contribution in [1.82, 2.24) is 14.9 Å². The van der Waals surface area contributed by atoms with Crippen LogP contribution in [0.25, 0.3) is 0 Å². The van der Waals surface area contributed by atoms with Crippen LogP contribution < -0.4 is 5.32 Å². The number of halogens is 1. The second-order valence-electron chi connectivity index (χ2n) is 3.65. The van der Waals surface area contributed by atoms with Crippen molar-refractivity contribution >= 4 is 15.9 Å². The average molecular weight is 274 g/mol. The van der Waals surface area contributed by atoms with Gasteiger partial charge in [0.25, 0.3) is 0 Å². The van der Waals surface area contributed by atoms with Gasteiger partial charge >= 0.3 is 0 Å². The molecule has 1 N–H and O–H groups in total. The lowest BCUT2D eigenvalue weighted by Gasteiger charge is -2.04. The van der Waals surface area contributed by atoms with Gasteiger partial charge in [-0.3, -0.25) is 0 Å². The van der Waals surface area contributed by atoms with E-state index in [9.17, 15) is 0 Å². The Morgan fingerprint density at radius 3 is 2.73 bits per heavy atom. The topological polar surface area (TPSA) is 29.9 Å². The zero-order chi connectivity index (χ0) is 10.8. The summed E-state index contributed by atoms with van der Waals surface area (Å²) in [6.45, 7) is 3.32. The number of nitrogens with zero attached hydrogens (tertiary/aromatic N) is 2. The number of rotatable bonds is 9. The minimum Gasteiger partial charge on any atom is -0.337 e. The molecular weight excluding hydrogens is 254 g/mol. The van der Waals surface area contributed by atoms with Crippen LogP contribution in [0, 0.1) is 0 Å². The summed E-state index contributed by atoms with van der Waals surface area (Å²) in [4.78, 5) is 4.01. The Kier molecular flexibility index (Phi) is 7.56. The fourth-order valence-corrected chi connectivity index (χ4v) is 1.85. The van der Waals surface area contributed by atoms with E-state index in [1.54, 1.807) is 0 Å². The molecule has 3 nitrogen and oxygen atoms in total. The van der Waals surface area contributed by atoms with Gasteiger partial charge < -0.3 is 9.88 Å². The van der Waals surface area contributed by atoms with Gasteiger partial charge in [-0.1, -0.05) is 22.4 Å². The van der Waals surface area contributed by atoms with Crippen molar-refractivity contribution in [3.8, 4) is 0 Å². The summed E-state index contributed by atoms with van der Waals surface area (Å²) in [7, 11) is 0. The molecule has 0 aliphatic heterocycles. The van der Waals surface area contributed by atoms with Crippen molar-refractivity contribution in [3.05, 3.63) is 18.7 Å². The quantitative estimate of drug-likeness (QED) is 0.553. The van der Waals surface area contributed by atoms with Crippen LogP contribution >= 0.6 is 15.9 Å². The first-order valence-corrected chi connectivity index (χ1v) is 6.78. The van der Waals surface area contributed by atoms with Gasteiger partial charge in [0, 0.05) is 24.3 Å². The summed E-state index contributed by atoms with van der Waals surface area (Å²) in [5.74, 6) is 0. The molecule has 0 spiro atoms. The minimum absolute atomic E-state index is 1.06. The summed E-state index contributed by atoms with van der Waals surface area (Å²) >= 11 is 3.44. The summed E-state index contributed by atoms with van der Waals surface area (Å²) in [6.07, 6.45) is 10.8. The van der Waals surface area contributed by atoms with Crippen molar-refractivity contribution in [2.24, 2.45) is 0 Å². The first kappa shape index (κ1) is 12.7. The monoisotopic (exact) mass is 273 g/mol. The van der Waals surface area contributed by atoms with Gasteiger partial charge in [-0.25, -0.2) is 4.98 Å². The van der Waals surface area contributed by atoms with Crippen LogP contribution in [0.1, 0.15) is 25.7 Å². The van der Waals surface area contributed by atoms with E-state index in [1.807, 2.05) is 18.7 Å². The summed E-state index contributed by atoms with van der Waals surface area (Å²) in [6, 6.07) is 0. The lowest BCUT2D eigenvalue weighted by Crippen LogP contribution is -2.18. The molecule has 0 radical (unpaired) electrons. The molecule has 0 amide bonds. The van der Waals surface area contributed by atoms with Gasteiger partial charge in [0.05, 0.1) is 6.33 Å². The van der Waals surface area contributed by atoms with Gasteiger partial charge in [-0.05, 0) is 32.4 Å². The van der Waals surface area contributed by atoms with Crippen LogP contribution in [0.3, 0.4) is 0 Å². The predicted molar refractivity (Wildman–Crippen MR) is 67.4 cm³/mol. The molecule has 1 rings (SSSR count). The van der Waals surface area contributed by atoms with Gasteiger partial charge in [0.2, 0.25) is 0 Å². The highest BCUT2D eigenvalue weighted by Crippen LogP contribution is 1.97. The molecule has 1 aromatic heterocycles. The van der Waals surface area contributed by atoms with Crippen LogP contribution in [0.15, 0.2) is 18.7 Å². The number of hydrogen-bond acceptors (Lipinski definition) is 2. The van der Waals surface area contributed by atoms with Crippen molar-refractivity contribution in [2.45, 2.75) is 32.2 Å². The fourth-order valence-electron chi connectivity index (χ4n) is 1.45. The van der Waals surface area contributed by atoms with Crippen molar-refractivity contribution < 1.29 is 0 Å². The lowest BCUT2D eigenvalue weighted by atomic mass is 10.2. The fraction of sp³-hybridized carbons (Fsp3) is 0.727. The first-order chi connectivity index (χ1) is 7.43. The Balaban J connectivity index is 1.81. The molecule has 0 aliphatic rings. The van der Waals surface area contributed by atoms with Crippen LogP contribution in [0.2, 0.25) is 0 Å². The summed E-state index contributed by atoms with van der Waals surface area (Å²) in [5.41, 5.74) is 0. The predicted octanol–water partition coefficient (Wildman–Crippen LogP) is 2.43. The average Bonchev–Trinajstić information content (AvgIpc) is 2.75. The van der Waals surface area contributed by atoms with E-state index in [2.05, 4.69) is 30.8 Å². The Morgan fingerprint density at radius 1 is 1.13 bits per heavy atom. The van der Waals surface area contributed by atoms with E-state index < -0.39 is 0 Å². The van der Waals surface area contributed by atoms with Crippen LogP contribution in [0.5, 0.6) is 0 Å². The van der Waals surface area contributed by atoms with E-state index in [0.717, 1.165) is 25.0 Å². The third kappa shape index (κ3) is 6.68. The van der Waals surface area contributed by atoms with Crippen molar-refractivity contribution in [2.75, 3.05) is 18.4 Å². The highest BCUT2D eigenvalue weighted by atomic mass is 79.9. The van der Waals surface area contributed by atoms with Gasteiger partial charge in [-0.15, -0.1) is 0 Å². The Bertz CT molecular complexity index is 224. The number of nitrogens with one attached hydrogen (secondary N) is 1. The molecule has 4 heteroatoms. The molecule has 0 aromatic carbocycles. The molecule has 86 valence electrons. The van der Waals surface area contributed by atoms with Crippen molar-refractivity contribution in [3.63, 3.8) is 0 Å². The van der Waals surface area contributed by atoms with Crippen LogP contribution in [0.4, 0.5) is 0 Å². The Morgan fingerprint density at radius 2 is 2.00 bits per heavy atom. The van der Waals surface area contributed by atoms with E-state index in [4.69, 9.17) is 0 Å². The van der Waals surface area contributed by atoms with E-state index >= 15 is 0 Å². The Hall–Kier alpha value is -0.350. The maximum absolute atomic E-state index is 4.01. The molecule has 0 saturated carbocycles. The lowest BCUT2D eigenvalue weighted by molar-refractivity contribution is 0.561. The minimum atomic E-state index is 1.06. The summed E-state index contributed by atoms with van der Waals surface area (Å²) in [5, 5.41) is 4.59. The third-order valence-corrected chi connectivity index (χ3v) is 2.88. The number of unbranched alkanes of at least 4 members (excludes halogenated alkanes) is 2. The van der Waals surface area contributed by atoms with E-state index in [0.29, 0.717) is 0 Å². The standard InChI is InChI=1S/C11H20BrN3/c12-5-2-1-3-6-13-7-4-9-15-10-8-14-11-15/h8,10-11,13H,1-7,9H2. The zero-order valence-electron chi connectivity index (χ0n) is 9.16. The number of aromatic nitrogens is 2. The van der Waals surface area contributed by atoms with Crippen molar-refractivity contribution in [1.29, 1.82) is 0 Å². The number of alkyl halides is 1. The molecule has 0 atom stereocenters. The number of aryl methyl sites for hydroxylation is 1. The second-order valence-corrected chi connectivity index (χ2v) is 4.45. The largest absolute Gasteiger partial charge is 0.337 e. The zero-order valence-corrected chi connectivity index (χ0v) is 10.7. The van der Waals surface area contributed by atoms with Gasteiger partial charge in [-0.2, -0.15) is 0 Å². The van der Waals surface area contributed by atoms with Gasteiger partial charge in [0.1, 0.15) is 0 Å². The molecule has 0 saturated heterocycles. The summed E-state index contributed by atoms with van der Waals surface area (Å²) < 4.78 is 2.12. The third-order valence-electron chi connectivity index (χ3n) is 2.32. The SMILES string of the molecule is BrCCCCCNCCCn1ccnc1. The number of hydrogen-bond donors (Lipinski definition) is 1. The number of imidazole rings is 1. The smallest absolute Gasteiger partial charge is 0.0945 e. The normalized spacial score (nSPS) is 10.7. The van der Waals surface area contributed by atoms with Crippen LogP contribution in [-0.2, 0) is 6.54 Å². The van der Waals surface area contributed by atoms with Gasteiger partial charge in [0.15, 0.2) is 0 Å². The Labute approximate surface area is 100 Å². The molecule has 0 fully saturated rings. The first-order valence-electron chi connectivity index (χ1n) is 5.66. The molecular formula is C11H20BrN3. The molecule has 1 aromatic rings. The second kappa shape index (κ2) is 8.92. The maximum atomic E-state index is 4.01. The van der Waals surface area contributed by atoms with E-state index in [-0.39, 0.29) is 0 Å². The molecule has 15 heavy (non-hydrogen) atoms. The van der Waals surface area contributed by atoms with Crippen LogP contribution in [-0.4, -0.2) is 28.0 Å². The highest BCUT2D eigenvalue weighted by molar-refractivity contribution is 9.09. The molecule has 0 bridgehead atoms.